The van der Waals surface area contributed by atoms with Crippen LogP contribution in [0, 0.1) is 0 Å². The van der Waals surface area contributed by atoms with E-state index in [1.54, 1.807) is 28.7 Å². The number of tetrazole rings is 1. The van der Waals surface area contributed by atoms with Gasteiger partial charge in [0.1, 0.15) is 0 Å². The Hall–Kier alpha value is -3.52. The fourth-order valence-corrected chi connectivity index (χ4v) is 3.33. The number of amides is 1. The third-order valence-electron chi connectivity index (χ3n) is 4.50. The summed E-state index contributed by atoms with van der Waals surface area (Å²) in [6.45, 7) is 1.98. The molecule has 4 aromatic rings. The zero-order valence-corrected chi connectivity index (χ0v) is 16.6. The van der Waals surface area contributed by atoms with Crippen molar-refractivity contribution in [2.24, 2.45) is 7.05 Å². The average Bonchev–Trinajstić information content (AvgIpc) is 3.34. The van der Waals surface area contributed by atoms with Gasteiger partial charge in [-0.05, 0) is 47.2 Å². The summed E-state index contributed by atoms with van der Waals surface area (Å²) in [6, 6.07) is 14.7. The fraction of sp³-hybridized carbons (Fsp3) is 0.150. The van der Waals surface area contributed by atoms with Crippen molar-refractivity contribution < 1.29 is 4.79 Å². The van der Waals surface area contributed by atoms with E-state index < -0.39 is 0 Å². The van der Waals surface area contributed by atoms with Crippen LogP contribution in [0.5, 0.6) is 0 Å². The highest BCUT2D eigenvalue weighted by molar-refractivity contribution is 6.30. The minimum Gasteiger partial charge on any atom is -0.322 e. The fourth-order valence-electron chi connectivity index (χ4n) is 3.14. The van der Waals surface area contributed by atoms with Crippen molar-refractivity contribution >= 4 is 23.2 Å². The number of nitrogens with zero attached hydrogens (tertiary/aromatic N) is 6. The van der Waals surface area contributed by atoms with Crippen LogP contribution < -0.4 is 5.32 Å². The van der Waals surface area contributed by atoms with Crippen LogP contribution >= 0.6 is 11.6 Å². The third kappa shape index (κ3) is 3.74. The second-order valence-corrected chi connectivity index (χ2v) is 6.85. The molecule has 0 radical (unpaired) electrons. The lowest BCUT2D eigenvalue weighted by Gasteiger charge is -2.09. The van der Waals surface area contributed by atoms with Crippen LogP contribution in [0.4, 0.5) is 5.69 Å². The molecule has 0 aliphatic carbocycles. The predicted molar refractivity (Wildman–Crippen MR) is 110 cm³/mol. The number of carbonyl (C=O) groups is 1. The number of rotatable bonds is 5. The van der Waals surface area contributed by atoms with Gasteiger partial charge in [-0.2, -0.15) is 5.10 Å². The molecule has 0 aliphatic heterocycles. The van der Waals surface area contributed by atoms with Gasteiger partial charge in [-0.25, -0.2) is 9.36 Å². The van der Waals surface area contributed by atoms with Crippen molar-refractivity contribution in [3.63, 3.8) is 0 Å². The van der Waals surface area contributed by atoms with Crippen molar-refractivity contribution in [1.29, 1.82) is 0 Å². The highest BCUT2D eigenvalue weighted by Crippen LogP contribution is 2.22. The number of benzene rings is 2. The molecule has 146 valence electrons. The van der Waals surface area contributed by atoms with Crippen LogP contribution in [0.2, 0.25) is 5.02 Å². The normalized spacial score (nSPS) is 10.9. The van der Waals surface area contributed by atoms with Gasteiger partial charge in [0.15, 0.2) is 5.82 Å². The Morgan fingerprint density at radius 2 is 2.00 bits per heavy atom. The molecular weight excluding hydrogens is 390 g/mol. The summed E-state index contributed by atoms with van der Waals surface area (Å²) in [7, 11) is 1.76. The van der Waals surface area contributed by atoms with Gasteiger partial charge in [0.2, 0.25) is 0 Å². The van der Waals surface area contributed by atoms with Crippen LogP contribution in [0.25, 0.3) is 17.1 Å². The molecule has 0 fully saturated rings. The lowest BCUT2D eigenvalue weighted by Crippen LogP contribution is -2.14. The second-order valence-electron chi connectivity index (χ2n) is 6.41. The topological polar surface area (TPSA) is 90.5 Å². The molecule has 0 bridgehead atoms. The minimum absolute atomic E-state index is 0.233. The molecule has 2 aromatic carbocycles. The molecule has 0 aliphatic rings. The monoisotopic (exact) mass is 407 g/mol. The van der Waals surface area contributed by atoms with Gasteiger partial charge in [-0.15, -0.1) is 5.10 Å². The zero-order chi connectivity index (χ0) is 20.4. The first-order valence-corrected chi connectivity index (χ1v) is 9.41. The van der Waals surface area contributed by atoms with E-state index in [0.717, 1.165) is 16.9 Å². The third-order valence-corrected chi connectivity index (χ3v) is 4.74. The summed E-state index contributed by atoms with van der Waals surface area (Å²) in [4.78, 5) is 12.9. The van der Waals surface area contributed by atoms with E-state index in [4.69, 9.17) is 11.6 Å². The van der Waals surface area contributed by atoms with E-state index in [1.165, 1.54) is 0 Å². The Kier molecular flexibility index (Phi) is 5.09. The van der Waals surface area contributed by atoms with E-state index >= 15 is 0 Å². The van der Waals surface area contributed by atoms with Crippen LogP contribution in [-0.4, -0.2) is 35.9 Å². The number of halogens is 1. The summed E-state index contributed by atoms with van der Waals surface area (Å²) in [5.74, 6) is 0.382. The van der Waals surface area contributed by atoms with Gasteiger partial charge in [0.25, 0.3) is 5.91 Å². The van der Waals surface area contributed by atoms with Crippen LogP contribution in [-0.2, 0) is 13.5 Å². The van der Waals surface area contributed by atoms with Gasteiger partial charge >= 0.3 is 0 Å². The molecule has 2 aromatic heterocycles. The van der Waals surface area contributed by atoms with Gasteiger partial charge < -0.3 is 5.32 Å². The summed E-state index contributed by atoms with van der Waals surface area (Å²) in [5, 5.41) is 19.4. The molecule has 0 unspecified atom stereocenters. The van der Waals surface area contributed by atoms with Gasteiger partial charge in [0, 0.05) is 23.3 Å². The Morgan fingerprint density at radius 1 is 1.17 bits per heavy atom. The lowest BCUT2D eigenvalue weighted by atomic mass is 10.1. The summed E-state index contributed by atoms with van der Waals surface area (Å²) in [6.07, 6.45) is 2.21. The first kappa shape index (κ1) is 18.8. The molecule has 9 heteroatoms. The molecule has 1 N–H and O–H groups in total. The van der Waals surface area contributed by atoms with Crippen molar-refractivity contribution in [1.82, 2.24) is 30.0 Å². The second kappa shape index (κ2) is 7.84. The van der Waals surface area contributed by atoms with Crippen LogP contribution in [0.15, 0.2) is 54.7 Å². The molecule has 4 rings (SSSR count). The SMILES string of the molecule is CCc1c(C(=O)Nc2cccc(-c3nnnn3C)c2)cnn1-c1cccc(Cl)c1. The zero-order valence-electron chi connectivity index (χ0n) is 15.9. The van der Waals surface area contributed by atoms with Crippen molar-refractivity contribution in [2.75, 3.05) is 5.32 Å². The first-order valence-electron chi connectivity index (χ1n) is 9.04. The van der Waals surface area contributed by atoms with Crippen molar-refractivity contribution in [3.05, 3.63) is 71.0 Å². The predicted octanol–water partition coefficient (Wildman–Crippen LogP) is 3.53. The molecular formula is C20H18ClN7O. The summed E-state index contributed by atoms with van der Waals surface area (Å²) >= 11 is 6.10. The van der Waals surface area contributed by atoms with Gasteiger partial charge in [0.05, 0.1) is 23.1 Å². The Labute approximate surface area is 172 Å². The molecule has 0 saturated carbocycles. The number of hydrogen-bond acceptors (Lipinski definition) is 5. The number of carbonyl (C=O) groups excluding carboxylic acids is 1. The van der Waals surface area contributed by atoms with E-state index in [0.29, 0.717) is 28.5 Å². The maximum atomic E-state index is 12.9. The van der Waals surface area contributed by atoms with Gasteiger partial charge in [-0.3, -0.25) is 4.79 Å². The van der Waals surface area contributed by atoms with Crippen molar-refractivity contribution in [2.45, 2.75) is 13.3 Å². The molecule has 0 saturated heterocycles. The largest absolute Gasteiger partial charge is 0.322 e. The summed E-state index contributed by atoms with van der Waals surface area (Å²) < 4.78 is 3.31. The molecule has 2 heterocycles. The van der Waals surface area contributed by atoms with E-state index in [2.05, 4.69) is 25.9 Å². The molecule has 0 atom stereocenters. The highest BCUT2D eigenvalue weighted by atomic mass is 35.5. The van der Waals surface area contributed by atoms with Gasteiger partial charge in [-0.1, -0.05) is 36.7 Å². The standard InChI is InChI=1S/C20H18ClN7O/c1-3-18-17(12-22-28(18)16-9-5-7-14(21)11-16)20(29)23-15-8-4-6-13(10-15)19-24-25-26-27(19)2/h4-12H,3H2,1-2H3,(H,23,29). The Morgan fingerprint density at radius 3 is 2.72 bits per heavy atom. The average molecular weight is 408 g/mol. The number of nitrogens with one attached hydrogen (secondary N) is 1. The van der Waals surface area contributed by atoms with E-state index in [-0.39, 0.29) is 5.91 Å². The lowest BCUT2D eigenvalue weighted by molar-refractivity contribution is 0.102. The van der Waals surface area contributed by atoms with E-state index in [9.17, 15) is 4.79 Å². The Balaban J connectivity index is 1.62. The number of anilines is 1. The smallest absolute Gasteiger partial charge is 0.259 e. The summed E-state index contributed by atoms with van der Waals surface area (Å²) in [5.41, 5.74) is 3.58. The number of aromatic nitrogens is 6. The quantitative estimate of drug-likeness (QED) is 0.546. The molecule has 1 amide bonds. The highest BCUT2D eigenvalue weighted by Gasteiger charge is 2.18. The molecule has 0 spiro atoms. The van der Waals surface area contributed by atoms with Crippen LogP contribution in [0.3, 0.4) is 0 Å². The maximum absolute atomic E-state index is 12.9. The number of aryl methyl sites for hydroxylation is 1. The maximum Gasteiger partial charge on any atom is 0.259 e. The Bertz CT molecular complexity index is 1180. The molecule has 8 nitrogen and oxygen atoms in total. The minimum atomic E-state index is -0.233. The van der Waals surface area contributed by atoms with Crippen molar-refractivity contribution in [3.8, 4) is 17.1 Å². The van der Waals surface area contributed by atoms with E-state index in [1.807, 2.05) is 49.4 Å². The first-order chi connectivity index (χ1) is 14.1. The van der Waals surface area contributed by atoms with Crippen LogP contribution in [0.1, 0.15) is 23.0 Å². The molecule has 29 heavy (non-hydrogen) atoms. The number of hydrogen-bond donors (Lipinski definition) is 1.